The summed E-state index contributed by atoms with van der Waals surface area (Å²) in [4.78, 5) is 38.9. The Balaban J connectivity index is 1.11. The second-order valence-electron chi connectivity index (χ2n) is 13.8. The molecule has 284 valence electrons. The van der Waals surface area contributed by atoms with E-state index < -0.39 is 12.2 Å². The lowest BCUT2D eigenvalue weighted by Gasteiger charge is -2.41. The van der Waals surface area contributed by atoms with Gasteiger partial charge in [-0.3, -0.25) is 29.8 Å². The van der Waals surface area contributed by atoms with Gasteiger partial charge in [0.25, 0.3) is 5.69 Å². The minimum Gasteiger partial charge on any atom is -0.392 e. The molecule has 4 N–H and O–H groups in total. The Labute approximate surface area is 314 Å². The van der Waals surface area contributed by atoms with Gasteiger partial charge < -0.3 is 24.8 Å². The van der Waals surface area contributed by atoms with E-state index in [-0.39, 0.29) is 41.8 Å². The predicted octanol–water partition coefficient (Wildman–Crippen LogP) is 5.80. The van der Waals surface area contributed by atoms with Crippen molar-refractivity contribution in [2.75, 3.05) is 37.6 Å². The fourth-order valence-corrected chi connectivity index (χ4v) is 6.94. The van der Waals surface area contributed by atoms with E-state index in [0.717, 1.165) is 71.8 Å². The number of nitrogens with one attached hydrogen (secondary N) is 2. The van der Waals surface area contributed by atoms with Gasteiger partial charge in [-0.1, -0.05) is 60.7 Å². The third-order valence-electron chi connectivity index (χ3n) is 9.97. The largest absolute Gasteiger partial charge is 0.392 e. The number of aliphatic hydroxyl groups is 1. The third-order valence-corrected chi connectivity index (χ3v) is 9.97. The molecule has 2 aliphatic rings. The smallest absolute Gasteiger partial charge is 0.269 e. The SMILES string of the molecule is O=C(CCCCC(=O)NCc1cccc(-c2cccc([C@@H]3O[C@H](CN4CCN(c5ccc([N+](=O)[O-])cc5)CC4)C[C@H](c4ccc(CO)cc4)O3)c2)c1)NO. The zero-order valence-electron chi connectivity index (χ0n) is 30.1. The fraction of sp³-hybridized carbons (Fsp3) is 0.366. The van der Waals surface area contributed by atoms with Crippen molar-refractivity contribution in [3.8, 4) is 11.1 Å². The number of benzene rings is 4. The highest BCUT2D eigenvalue weighted by atomic mass is 16.7. The number of amides is 2. The van der Waals surface area contributed by atoms with Gasteiger partial charge in [0.15, 0.2) is 6.29 Å². The van der Waals surface area contributed by atoms with Crippen LogP contribution >= 0.6 is 0 Å². The number of nitro benzene ring substituents is 1. The van der Waals surface area contributed by atoms with Crippen LogP contribution in [0.25, 0.3) is 11.1 Å². The molecule has 0 unspecified atom stereocenters. The molecule has 2 fully saturated rings. The van der Waals surface area contributed by atoms with Crippen molar-refractivity contribution < 1.29 is 34.3 Å². The average Bonchev–Trinajstić information content (AvgIpc) is 3.22. The van der Waals surface area contributed by atoms with Crippen molar-refractivity contribution in [1.82, 2.24) is 15.7 Å². The van der Waals surface area contributed by atoms with Crippen LogP contribution in [0.2, 0.25) is 0 Å². The van der Waals surface area contributed by atoms with E-state index in [9.17, 15) is 24.8 Å². The summed E-state index contributed by atoms with van der Waals surface area (Å²) in [6.45, 7) is 4.32. The number of carbonyl (C=O) groups excluding carboxylic acids is 2. The Morgan fingerprint density at radius 1 is 0.796 bits per heavy atom. The van der Waals surface area contributed by atoms with Gasteiger partial charge in [-0.25, -0.2) is 5.48 Å². The molecule has 3 atom stereocenters. The number of ether oxygens (including phenoxy) is 2. The van der Waals surface area contributed by atoms with Crippen molar-refractivity contribution in [2.45, 2.75) is 63.8 Å². The molecular weight excluding hydrogens is 690 g/mol. The quantitative estimate of drug-likeness (QED) is 0.0507. The summed E-state index contributed by atoms with van der Waals surface area (Å²) >= 11 is 0. The van der Waals surface area contributed by atoms with Crippen LogP contribution in [0.15, 0.2) is 97.1 Å². The summed E-state index contributed by atoms with van der Waals surface area (Å²) < 4.78 is 13.3. The minimum absolute atomic E-state index is 0.0280. The average molecular weight is 738 g/mol. The van der Waals surface area contributed by atoms with Crippen molar-refractivity contribution in [2.24, 2.45) is 0 Å². The van der Waals surface area contributed by atoms with Crippen molar-refractivity contribution in [3.05, 3.63) is 129 Å². The third kappa shape index (κ3) is 10.5. The maximum atomic E-state index is 12.4. The summed E-state index contributed by atoms with van der Waals surface area (Å²) in [6.07, 6.45) is 1.26. The van der Waals surface area contributed by atoms with Gasteiger partial charge in [0.05, 0.1) is 23.7 Å². The van der Waals surface area contributed by atoms with Gasteiger partial charge in [-0.05, 0) is 64.9 Å². The number of hydrogen-bond acceptors (Lipinski definition) is 10. The first-order valence-electron chi connectivity index (χ1n) is 18.4. The highest BCUT2D eigenvalue weighted by Gasteiger charge is 2.34. The fourth-order valence-electron chi connectivity index (χ4n) is 6.94. The Bertz CT molecular complexity index is 1860. The number of nitro groups is 1. The van der Waals surface area contributed by atoms with Crippen LogP contribution in [0.4, 0.5) is 11.4 Å². The lowest BCUT2D eigenvalue weighted by molar-refractivity contribution is -0.384. The number of hydroxylamine groups is 1. The number of piperazine rings is 1. The van der Waals surface area contributed by atoms with Crippen LogP contribution in [0.1, 0.15) is 66.8 Å². The molecule has 2 saturated heterocycles. The first kappa shape index (κ1) is 38.5. The molecule has 0 radical (unpaired) electrons. The number of hydrogen-bond donors (Lipinski definition) is 4. The molecule has 0 aliphatic carbocycles. The van der Waals surface area contributed by atoms with Gasteiger partial charge in [-0.15, -0.1) is 0 Å². The van der Waals surface area contributed by atoms with Crippen LogP contribution in [-0.4, -0.2) is 70.8 Å². The lowest BCUT2D eigenvalue weighted by atomic mass is 9.98. The summed E-state index contributed by atoms with van der Waals surface area (Å²) in [6, 6.07) is 30.7. The monoisotopic (exact) mass is 737 g/mol. The molecule has 4 aromatic carbocycles. The predicted molar refractivity (Wildman–Crippen MR) is 202 cm³/mol. The lowest BCUT2D eigenvalue weighted by Crippen LogP contribution is -2.49. The van der Waals surface area contributed by atoms with Crippen molar-refractivity contribution in [3.63, 3.8) is 0 Å². The van der Waals surface area contributed by atoms with Gasteiger partial charge in [0, 0.05) is 81.9 Å². The van der Waals surface area contributed by atoms with Crippen LogP contribution < -0.4 is 15.7 Å². The molecule has 13 heteroatoms. The van der Waals surface area contributed by atoms with E-state index in [2.05, 4.69) is 27.2 Å². The number of nitrogens with zero attached hydrogens (tertiary/aromatic N) is 3. The van der Waals surface area contributed by atoms with E-state index in [1.807, 2.05) is 72.8 Å². The first-order chi connectivity index (χ1) is 26.3. The number of non-ortho nitro benzene ring substituents is 1. The molecule has 54 heavy (non-hydrogen) atoms. The minimum atomic E-state index is -0.612. The van der Waals surface area contributed by atoms with Gasteiger partial charge in [-0.2, -0.15) is 0 Å². The molecule has 2 amide bonds. The Kier molecular flexibility index (Phi) is 13.4. The van der Waals surface area contributed by atoms with Crippen molar-refractivity contribution in [1.29, 1.82) is 0 Å². The second-order valence-corrected chi connectivity index (χ2v) is 13.8. The molecule has 0 saturated carbocycles. The number of rotatable bonds is 15. The van der Waals surface area contributed by atoms with E-state index >= 15 is 0 Å². The van der Waals surface area contributed by atoms with Crippen molar-refractivity contribution >= 4 is 23.2 Å². The number of aliphatic hydroxyl groups excluding tert-OH is 1. The number of anilines is 1. The zero-order chi connectivity index (χ0) is 37.9. The molecular formula is C41H47N5O8. The molecule has 13 nitrogen and oxygen atoms in total. The normalized spacial score (nSPS) is 18.9. The summed E-state index contributed by atoms with van der Waals surface area (Å²) in [5, 5.41) is 32.3. The molecule has 4 aromatic rings. The van der Waals surface area contributed by atoms with E-state index in [1.54, 1.807) is 17.6 Å². The second kappa shape index (κ2) is 18.7. The maximum absolute atomic E-state index is 12.4. The zero-order valence-corrected chi connectivity index (χ0v) is 30.1. The van der Waals surface area contributed by atoms with Gasteiger partial charge >= 0.3 is 0 Å². The van der Waals surface area contributed by atoms with Gasteiger partial charge in [0.1, 0.15) is 0 Å². The summed E-state index contributed by atoms with van der Waals surface area (Å²) in [5.74, 6) is -0.556. The summed E-state index contributed by atoms with van der Waals surface area (Å²) in [5.41, 5.74) is 8.35. The molecule has 0 spiro atoms. The Hall–Kier alpha value is -5.18. The number of unbranched alkanes of at least 4 members (excludes halogenated alkanes) is 1. The summed E-state index contributed by atoms with van der Waals surface area (Å²) in [7, 11) is 0. The first-order valence-corrected chi connectivity index (χ1v) is 18.4. The molecule has 0 aromatic heterocycles. The molecule has 2 aliphatic heterocycles. The van der Waals surface area contributed by atoms with E-state index in [1.165, 1.54) is 0 Å². The Morgan fingerprint density at radius 3 is 2.17 bits per heavy atom. The molecule has 0 bridgehead atoms. The molecule has 2 heterocycles. The van der Waals surface area contributed by atoms with Crippen LogP contribution in [-0.2, 0) is 32.2 Å². The molecule has 6 rings (SSSR count). The highest BCUT2D eigenvalue weighted by Crippen LogP contribution is 2.39. The number of carbonyl (C=O) groups is 2. The van der Waals surface area contributed by atoms with Crippen LogP contribution in [0.5, 0.6) is 0 Å². The standard InChI is InChI=1S/C41H47N5O8/c47-28-29-11-13-31(14-12-29)38-25-37(27-44-19-21-45(22-20-44)35-15-17-36(18-16-35)46(51)52)53-41(54-38)34-8-4-7-33(24-34)32-6-3-5-30(23-32)26-42-39(48)9-1-2-10-40(49)43-50/h3-8,11-18,23-24,37-38,41,47,50H,1-2,9-10,19-22,25-28H2,(H,42,48)(H,43,49)/t37-,38+,41+/m0/s1. The topological polar surface area (TPSA) is 167 Å². The Morgan fingerprint density at radius 2 is 1.48 bits per heavy atom. The highest BCUT2D eigenvalue weighted by molar-refractivity contribution is 5.76. The van der Waals surface area contributed by atoms with E-state index in [0.29, 0.717) is 32.2 Å². The van der Waals surface area contributed by atoms with E-state index in [4.69, 9.17) is 14.7 Å². The van der Waals surface area contributed by atoms with Crippen LogP contribution in [0.3, 0.4) is 0 Å². The van der Waals surface area contributed by atoms with Gasteiger partial charge in [0.2, 0.25) is 11.8 Å². The maximum Gasteiger partial charge on any atom is 0.269 e. The van der Waals surface area contributed by atoms with Crippen LogP contribution in [0, 0.1) is 10.1 Å².